The van der Waals surface area contributed by atoms with Crippen molar-refractivity contribution < 1.29 is 0 Å². The summed E-state index contributed by atoms with van der Waals surface area (Å²) in [6.45, 7) is 4.09. The molecule has 0 saturated carbocycles. The summed E-state index contributed by atoms with van der Waals surface area (Å²) in [6.07, 6.45) is 3.08. The minimum atomic E-state index is 0.941. The van der Waals surface area contributed by atoms with Gasteiger partial charge in [-0.2, -0.15) is 0 Å². The SMILES string of the molecule is Cc1cc2c(nc(CCCc3ccccc3)n2-c2ccccc2)c(C)n1. The fraction of sp³-hybridized carbons (Fsp3) is 0.217. The van der Waals surface area contributed by atoms with Crippen molar-refractivity contribution in [3.63, 3.8) is 0 Å². The topological polar surface area (TPSA) is 30.7 Å². The minimum absolute atomic E-state index is 0.941. The Hall–Kier alpha value is -2.94. The number of hydrogen-bond acceptors (Lipinski definition) is 2. The molecule has 3 nitrogen and oxygen atoms in total. The van der Waals surface area contributed by atoms with Gasteiger partial charge in [0, 0.05) is 17.8 Å². The third kappa shape index (κ3) is 3.25. The smallest absolute Gasteiger partial charge is 0.114 e. The summed E-state index contributed by atoms with van der Waals surface area (Å²) in [5.74, 6) is 1.11. The van der Waals surface area contributed by atoms with Crippen LogP contribution in [0.15, 0.2) is 66.7 Å². The van der Waals surface area contributed by atoms with Gasteiger partial charge in [-0.1, -0.05) is 48.5 Å². The molecule has 0 radical (unpaired) electrons. The lowest BCUT2D eigenvalue weighted by atomic mass is 10.1. The van der Waals surface area contributed by atoms with E-state index < -0.39 is 0 Å². The molecule has 130 valence electrons. The zero-order valence-corrected chi connectivity index (χ0v) is 15.3. The number of imidazole rings is 1. The lowest BCUT2D eigenvalue weighted by Crippen LogP contribution is -2.02. The van der Waals surface area contributed by atoms with Gasteiger partial charge < -0.3 is 0 Å². The number of aromatic nitrogens is 3. The van der Waals surface area contributed by atoms with Gasteiger partial charge in [0.25, 0.3) is 0 Å². The van der Waals surface area contributed by atoms with E-state index in [1.54, 1.807) is 0 Å². The number of hydrogen-bond donors (Lipinski definition) is 0. The van der Waals surface area contributed by atoms with Crippen molar-refractivity contribution >= 4 is 11.0 Å². The Kier molecular flexibility index (Phi) is 4.53. The van der Waals surface area contributed by atoms with Crippen LogP contribution in [0, 0.1) is 13.8 Å². The van der Waals surface area contributed by atoms with Gasteiger partial charge in [-0.05, 0) is 50.5 Å². The van der Waals surface area contributed by atoms with E-state index in [0.29, 0.717) is 0 Å². The van der Waals surface area contributed by atoms with Gasteiger partial charge in [0.15, 0.2) is 0 Å². The fourth-order valence-electron chi connectivity index (χ4n) is 3.56. The first-order valence-electron chi connectivity index (χ1n) is 9.17. The number of benzene rings is 2. The lowest BCUT2D eigenvalue weighted by molar-refractivity contribution is 0.761. The highest BCUT2D eigenvalue weighted by Crippen LogP contribution is 2.25. The Morgan fingerprint density at radius 1 is 0.808 bits per heavy atom. The molecule has 26 heavy (non-hydrogen) atoms. The van der Waals surface area contributed by atoms with Crippen LogP contribution < -0.4 is 0 Å². The molecule has 2 aromatic carbocycles. The number of nitrogens with zero attached hydrogens (tertiary/aromatic N) is 3. The normalized spacial score (nSPS) is 11.2. The maximum absolute atomic E-state index is 4.96. The first-order valence-corrected chi connectivity index (χ1v) is 9.17. The second-order valence-electron chi connectivity index (χ2n) is 6.75. The first kappa shape index (κ1) is 16.5. The highest BCUT2D eigenvalue weighted by atomic mass is 15.1. The second-order valence-corrected chi connectivity index (χ2v) is 6.75. The zero-order chi connectivity index (χ0) is 17.9. The standard InChI is InChI=1S/C23H23N3/c1-17-16-21-23(18(2)24-17)25-22(26(21)20-13-7-4-8-14-20)15-9-12-19-10-5-3-6-11-19/h3-8,10-11,13-14,16H,9,12,15H2,1-2H3. The minimum Gasteiger partial charge on any atom is -0.296 e. The molecule has 0 bridgehead atoms. The number of para-hydroxylation sites is 1. The van der Waals surface area contributed by atoms with Crippen molar-refractivity contribution in [3.05, 3.63) is 89.5 Å². The van der Waals surface area contributed by atoms with Crippen molar-refractivity contribution in [2.24, 2.45) is 0 Å². The number of aryl methyl sites for hydroxylation is 4. The number of fused-ring (bicyclic) bond motifs is 1. The van der Waals surface area contributed by atoms with Gasteiger partial charge >= 0.3 is 0 Å². The largest absolute Gasteiger partial charge is 0.296 e. The van der Waals surface area contributed by atoms with Gasteiger partial charge in [0.2, 0.25) is 0 Å². The molecule has 0 aliphatic rings. The van der Waals surface area contributed by atoms with Crippen molar-refractivity contribution in [1.82, 2.24) is 14.5 Å². The van der Waals surface area contributed by atoms with E-state index in [1.165, 1.54) is 5.56 Å². The van der Waals surface area contributed by atoms with Crippen LogP contribution in [-0.4, -0.2) is 14.5 Å². The van der Waals surface area contributed by atoms with Crippen molar-refractivity contribution in [3.8, 4) is 5.69 Å². The van der Waals surface area contributed by atoms with Crippen LogP contribution in [0.25, 0.3) is 16.7 Å². The molecule has 0 unspecified atom stereocenters. The maximum Gasteiger partial charge on any atom is 0.114 e. The molecule has 0 aliphatic carbocycles. The average molecular weight is 341 g/mol. The lowest BCUT2D eigenvalue weighted by Gasteiger charge is -2.10. The van der Waals surface area contributed by atoms with Gasteiger partial charge in [-0.15, -0.1) is 0 Å². The van der Waals surface area contributed by atoms with Crippen LogP contribution in [0.1, 0.15) is 29.2 Å². The van der Waals surface area contributed by atoms with Crippen LogP contribution in [0.2, 0.25) is 0 Å². The molecule has 0 aliphatic heterocycles. The molecule has 0 spiro atoms. The predicted molar refractivity (Wildman–Crippen MR) is 107 cm³/mol. The zero-order valence-electron chi connectivity index (χ0n) is 15.3. The summed E-state index contributed by atoms with van der Waals surface area (Å²) in [7, 11) is 0. The quantitative estimate of drug-likeness (QED) is 0.499. The van der Waals surface area contributed by atoms with Crippen LogP contribution in [0.5, 0.6) is 0 Å². The van der Waals surface area contributed by atoms with E-state index >= 15 is 0 Å². The average Bonchev–Trinajstić information content (AvgIpc) is 3.02. The molecule has 2 aromatic heterocycles. The van der Waals surface area contributed by atoms with Crippen molar-refractivity contribution in [1.29, 1.82) is 0 Å². The predicted octanol–water partition coefficient (Wildman–Crippen LogP) is 5.21. The summed E-state index contributed by atoms with van der Waals surface area (Å²) < 4.78 is 2.29. The highest BCUT2D eigenvalue weighted by molar-refractivity contribution is 5.80. The molecule has 0 fully saturated rings. The monoisotopic (exact) mass is 341 g/mol. The van der Waals surface area contributed by atoms with Crippen LogP contribution in [0.3, 0.4) is 0 Å². The van der Waals surface area contributed by atoms with E-state index in [-0.39, 0.29) is 0 Å². The summed E-state index contributed by atoms with van der Waals surface area (Å²) in [6, 6.07) is 23.3. The number of pyridine rings is 1. The van der Waals surface area contributed by atoms with Gasteiger partial charge in [0.1, 0.15) is 11.3 Å². The summed E-state index contributed by atoms with van der Waals surface area (Å²) >= 11 is 0. The Balaban J connectivity index is 1.72. The molecule has 0 N–H and O–H groups in total. The molecular formula is C23H23N3. The van der Waals surface area contributed by atoms with Crippen LogP contribution in [0.4, 0.5) is 0 Å². The molecule has 3 heteroatoms. The third-order valence-electron chi connectivity index (χ3n) is 4.74. The molecule has 4 rings (SSSR count). The Morgan fingerprint density at radius 3 is 2.23 bits per heavy atom. The van der Waals surface area contributed by atoms with E-state index in [9.17, 15) is 0 Å². The van der Waals surface area contributed by atoms with Gasteiger partial charge in [0.05, 0.1) is 11.2 Å². The van der Waals surface area contributed by atoms with Crippen molar-refractivity contribution in [2.45, 2.75) is 33.1 Å². The van der Waals surface area contributed by atoms with Gasteiger partial charge in [-0.25, -0.2) is 4.98 Å². The Bertz CT molecular complexity index is 1020. The molecule has 4 aromatic rings. The fourth-order valence-corrected chi connectivity index (χ4v) is 3.56. The summed E-state index contributed by atoms with van der Waals surface area (Å²) in [5.41, 5.74) is 6.73. The van der Waals surface area contributed by atoms with Crippen LogP contribution in [-0.2, 0) is 12.8 Å². The Labute approximate surface area is 154 Å². The summed E-state index contributed by atoms with van der Waals surface area (Å²) in [4.78, 5) is 9.56. The first-order chi connectivity index (χ1) is 12.7. The van der Waals surface area contributed by atoms with E-state index in [1.807, 2.05) is 13.8 Å². The molecule has 0 saturated heterocycles. The second kappa shape index (κ2) is 7.12. The molecule has 0 atom stereocenters. The maximum atomic E-state index is 4.96. The van der Waals surface area contributed by atoms with Gasteiger partial charge in [-0.3, -0.25) is 9.55 Å². The Morgan fingerprint density at radius 2 is 1.50 bits per heavy atom. The molecular weight excluding hydrogens is 318 g/mol. The van der Waals surface area contributed by atoms with Crippen LogP contribution >= 0.6 is 0 Å². The number of rotatable bonds is 5. The molecule has 0 amide bonds. The van der Waals surface area contributed by atoms with E-state index in [0.717, 1.165) is 53.2 Å². The highest BCUT2D eigenvalue weighted by Gasteiger charge is 2.15. The molecule has 2 heterocycles. The third-order valence-corrected chi connectivity index (χ3v) is 4.74. The summed E-state index contributed by atoms with van der Waals surface area (Å²) in [5, 5.41) is 0. The van der Waals surface area contributed by atoms with E-state index in [4.69, 9.17) is 4.98 Å². The van der Waals surface area contributed by atoms with E-state index in [2.05, 4.69) is 76.3 Å². The van der Waals surface area contributed by atoms with Crippen molar-refractivity contribution in [2.75, 3.05) is 0 Å².